The first kappa shape index (κ1) is 27.0. The molecular weight excluding hydrogens is 611 g/mol. The fraction of sp³-hybridized carbons (Fsp3) is 0.0213. The van der Waals surface area contributed by atoms with E-state index >= 15 is 0 Å². The predicted molar refractivity (Wildman–Crippen MR) is 208 cm³/mol. The lowest BCUT2D eigenvalue weighted by atomic mass is 9.70. The summed E-state index contributed by atoms with van der Waals surface area (Å²) in [6.45, 7) is 0. The predicted octanol–water partition coefficient (Wildman–Crippen LogP) is 13.0. The third kappa shape index (κ3) is 3.54. The molecule has 2 heteroatoms. The molecule has 1 atom stereocenters. The van der Waals surface area contributed by atoms with Gasteiger partial charge in [0.1, 0.15) is 0 Å². The zero-order valence-corrected chi connectivity index (χ0v) is 27.4. The van der Waals surface area contributed by atoms with E-state index in [1.807, 2.05) is 11.3 Å². The summed E-state index contributed by atoms with van der Waals surface area (Å²) in [4.78, 5) is 2.47. The Balaban J connectivity index is 1.23. The van der Waals surface area contributed by atoms with Gasteiger partial charge in [0.2, 0.25) is 0 Å². The Hall–Kier alpha value is -5.96. The second-order valence-electron chi connectivity index (χ2n) is 13.2. The number of nitrogens with zero attached hydrogens (tertiary/aromatic N) is 1. The molecule has 0 saturated heterocycles. The lowest BCUT2D eigenvalue weighted by molar-refractivity contribution is 0.794. The molecule has 0 fully saturated rings. The Morgan fingerprint density at radius 3 is 1.96 bits per heavy atom. The fourth-order valence-corrected chi connectivity index (χ4v) is 10.2. The van der Waals surface area contributed by atoms with Gasteiger partial charge in [-0.2, -0.15) is 0 Å². The molecule has 1 aromatic heterocycles. The second kappa shape index (κ2) is 10.0. The van der Waals surface area contributed by atoms with Crippen LogP contribution >= 0.6 is 11.3 Å². The molecule has 1 spiro atoms. The van der Waals surface area contributed by atoms with E-state index in [9.17, 15) is 0 Å². The molecule has 1 heterocycles. The van der Waals surface area contributed by atoms with E-state index in [2.05, 4.69) is 181 Å². The normalized spacial score (nSPS) is 15.4. The van der Waals surface area contributed by atoms with Gasteiger partial charge in [-0.25, -0.2) is 0 Å². The molecule has 49 heavy (non-hydrogen) atoms. The smallest absolute Gasteiger partial charge is 0.0726 e. The van der Waals surface area contributed by atoms with Crippen LogP contribution in [0.15, 0.2) is 176 Å². The van der Waals surface area contributed by atoms with Crippen LogP contribution in [0.1, 0.15) is 22.3 Å². The molecule has 0 N–H and O–H groups in total. The van der Waals surface area contributed by atoms with Crippen molar-refractivity contribution in [1.82, 2.24) is 0 Å². The Bertz CT molecular complexity index is 2790. The standard InChI is InChI=1S/C47H29NS/c1-2-14-31(15-3-1)48(43-23-12-20-37-36-18-8-11-24-44(36)49-46(37)43)32-26-27-35-34-17-6-9-21-39(34)47(42(35)29-32)40-22-10-7-19-38(40)45-33-16-5-4-13-30(33)25-28-41(45)47/h1-29H. The van der Waals surface area contributed by atoms with Crippen molar-refractivity contribution < 1.29 is 0 Å². The van der Waals surface area contributed by atoms with E-state index < -0.39 is 5.41 Å². The minimum Gasteiger partial charge on any atom is -0.309 e. The number of hydrogen-bond donors (Lipinski definition) is 0. The SMILES string of the molecule is c1ccc(N(c2ccc3c(c2)C2(c4ccccc4-3)c3ccccc3-c3c2ccc2ccccc32)c2cccc3c2sc2ccccc23)cc1. The summed E-state index contributed by atoms with van der Waals surface area (Å²) in [5.41, 5.74) is 13.8. The lowest BCUT2D eigenvalue weighted by Gasteiger charge is -2.32. The molecule has 0 amide bonds. The monoisotopic (exact) mass is 639 g/mol. The van der Waals surface area contributed by atoms with Gasteiger partial charge < -0.3 is 4.90 Å². The molecule has 2 aliphatic rings. The van der Waals surface area contributed by atoms with E-state index in [1.54, 1.807) is 0 Å². The van der Waals surface area contributed by atoms with Crippen LogP contribution in [0.4, 0.5) is 17.1 Å². The summed E-state index contributed by atoms with van der Waals surface area (Å²) in [5.74, 6) is 0. The number of para-hydroxylation sites is 1. The van der Waals surface area contributed by atoms with E-state index in [0.29, 0.717) is 0 Å². The van der Waals surface area contributed by atoms with Crippen LogP contribution in [0.5, 0.6) is 0 Å². The number of benzene rings is 8. The number of thiophene rings is 1. The first-order valence-corrected chi connectivity index (χ1v) is 17.8. The van der Waals surface area contributed by atoms with Crippen LogP contribution in [0, 0.1) is 0 Å². The average Bonchev–Trinajstić information content (AvgIpc) is 3.80. The fourth-order valence-electron chi connectivity index (χ4n) is 8.95. The van der Waals surface area contributed by atoms with Gasteiger partial charge >= 0.3 is 0 Å². The molecule has 8 aromatic carbocycles. The van der Waals surface area contributed by atoms with Crippen LogP contribution < -0.4 is 4.90 Å². The third-order valence-electron chi connectivity index (χ3n) is 10.9. The highest BCUT2D eigenvalue weighted by atomic mass is 32.1. The van der Waals surface area contributed by atoms with Crippen molar-refractivity contribution >= 4 is 59.3 Å². The van der Waals surface area contributed by atoms with Crippen molar-refractivity contribution in [3.05, 3.63) is 198 Å². The minimum atomic E-state index is -0.427. The molecule has 2 aliphatic carbocycles. The summed E-state index contributed by atoms with van der Waals surface area (Å²) in [5, 5.41) is 5.20. The Labute approximate surface area is 289 Å². The van der Waals surface area contributed by atoms with Crippen LogP contribution in [0.2, 0.25) is 0 Å². The van der Waals surface area contributed by atoms with Gasteiger partial charge in [0, 0.05) is 26.8 Å². The van der Waals surface area contributed by atoms with Gasteiger partial charge in [-0.15, -0.1) is 11.3 Å². The quantitative estimate of drug-likeness (QED) is 0.186. The molecule has 0 saturated carbocycles. The average molecular weight is 640 g/mol. The van der Waals surface area contributed by atoms with Crippen LogP contribution in [0.3, 0.4) is 0 Å². The Morgan fingerprint density at radius 2 is 1.08 bits per heavy atom. The third-order valence-corrected chi connectivity index (χ3v) is 12.1. The summed E-state index contributed by atoms with van der Waals surface area (Å²) >= 11 is 1.88. The highest BCUT2D eigenvalue weighted by Gasteiger charge is 2.52. The van der Waals surface area contributed by atoms with Gasteiger partial charge in [-0.3, -0.25) is 0 Å². The Kier molecular flexibility index (Phi) is 5.53. The molecule has 9 aromatic rings. The van der Waals surface area contributed by atoms with Crippen molar-refractivity contribution in [3.63, 3.8) is 0 Å². The van der Waals surface area contributed by atoms with E-state index in [0.717, 1.165) is 11.4 Å². The second-order valence-corrected chi connectivity index (χ2v) is 14.3. The van der Waals surface area contributed by atoms with Crippen molar-refractivity contribution in [1.29, 1.82) is 0 Å². The molecular formula is C47H29NS. The van der Waals surface area contributed by atoms with Crippen molar-refractivity contribution in [2.75, 3.05) is 4.90 Å². The highest BCUT2D eigenvalue weighted by Crippen LogP contribution is 2.64. The largest absolute Gasteiger partial charge is 0.309 e. The molecule has 11 rings (SSSR count). The highest BCUT2D eigenvalue weighted by molar-refractivity contribution is 7.26. The zero-order valence-electron chi connectivity index (χ0n) is 26.6. The molecule has 0 bridgehead atoms. The van der Waals surface area contributed by atoms with Gasteiger partial charge in [0.15, 0.2) is 0 Å². The van der Waals surface area contributed by atoms with Crippen LogP contribution in [-0.4, -0.2) is 0 Å². The summed E-state index contributed by atoms with van der Waals surface area (Å²) in [7, 11) is 0. The van der Waals surface area contributed by atoms with Gasteiger partial charge in [-0.1, -0.05) is 140 Å². The van der Waals surface area contributed by atoms with E-state index in [4.69, 9.17) is 0 Å². The number of fused-ring (bicyclic) bond motifs is 15. The van der Waals surface area contributed by atoms with E-state index in [1.165, 1.54) is 81.1 Å². The molecule has 1 unspecified atom stereocenters. The number of hydrogen-bond acceptors (Lipinski definition) is 2. The number of anilines is 3. The first-order chi connectivity index (χ1) is 24.3. The Morgan fingerprint density at radius 1 is 0.408 bits per heavy atom. The topological polar surface area (TPSA) is 3.24 Å². The van der Waals surface area contributed by atoms with Gasteiger partial charge in [-0.05, 0) is 91.7 Å². The lowest BCUT2D eigenvalue weighted by Crippen LogP contribution is -2.26. The van der Waals surface area contributed by atoms with Crippen LogP contribution in [0.25, 0.3) is 53.2 Å². The molecule has 0 aliphatic heterocycles. The minimum absolute atomic E-state index is 0.427. The number of rotatable bonds is 3. The zero-order chi connectivity index (χ0) is 32.1. The van der Waals surface area contributed by atoms with Crippen LogP contribution in [-0.2, 0) is 5.41 Å². The van der Waals surface area contributed by atoms with Gasteiger partial charge in [0.25, 0.3) is 0 Å². The first-order valence-electron chi connectivity index (χ1n) is 16.9. The summed E-state index contributed by atoms with van der Waals surface area (Å²) in [6.07, 6.45) is 0. The molecule has 228 valence electrons. The van der Waals surface area contributed by atoms with Crippen molar-refractivity contribution in [2.45, 2.75) is 5.41 Å². The maximum absolute atomic E-state index is 2.50. The van der Waals surface area contributed by atoms with Crippen molar-refractivity contribution in [2.24, 2.45) is 0 Å². The summed E-state index contributed by atoms with van der Waals surface area (Å²) < 4.78 is 2.61. The van der Waals surface area contributed by atoms with Crippen molar-refractivity contribution in [3.8, 4) is 22.3 Å². The molecule has 0 radical (unpaired) electrons. The maximum Gasteiger partial charge on any atom is 0.0726 e. The summed E-state index contributed by atoms with van der Waals surface area (Å²) in [6, 6.07) is 65.4. The van der Waals surface area contributed by atoms with E-state index in [-0.39, 0.29) is 0 Å². The maximum atomic E-state index is 2.50. The van der Waals surface area contributed by atoms with Gasteiger partial charge in [0.05, 0.1) is 15.8 Å². The molecule has 1 nitrogen and oxygen atoms in total.